The molecule has 0 amide bonds. The quantitative estimate of drug-likeness (QED) is 0.650. The Labute approximate surface area is 88.9 Å². The van der Waals surface area contributed by atoms with Gasteiger partial charge in [-0.25, -0.2) is 0 Å². The third kappa shape index (κ3) is 3.27. The molecule has 14 heavy (non-hydrogen) atoms. The summed E-state index contributed by atoms with van der Waals surface area (Å²) < 4.78 is 0. The molecule has 0 spiro atoms. The Morgan fingerprint density at radius 3 is 2.29 bits per heavy atom. The number of nitrogens with zero attached hydrogens (tertiary/aromatic N) is 1. The van der Waals surface area contributed by atoms with Crippen LogP contribution in [-0.2, 0) is 0 Å². The number of hydrogen-bond donors (Lipinski definition) is 0. The van der Waals surface area contributed by atoms with Gasteiger partial charge in [-0.3, -0.25) is 0 Å². The van der Waals surface area contributed by atoms with Crippen LogP contribution in [0.2, 0.25) is 0 Å². The maximum absolute atomic E-state index is 2.71. The van der Waals surface area contributed by atoms with Gasteiger partial charge in [-0.05, 0) is 50.6 Å². The first-order valence-corrected chi connectivity index (χ1v) is 6.61. The van der Waals surface area contributed by atoms with Crippen LogP contribution >= 0.6 is 0 Å². The molecule has 1 heteroatoms. The van der Waals surface area contributed by atoms with Crippen LogP contribution in [0.4, 0.5) is 0 Å². The molecule has 0 aromatic rings. The highest BCUT2D eigenvalue weighted by atomic mass is 15.1. The van der Waals surface area contributed by atoms with Crippen LogP contribution in [0.1, 0.15) is 51.9 Å². The Bertz CT molecular complexity index is 155. The zero-order chi connectivity index (χ0) is 9.80. The van der Waals surface area contributed by atoms with Crippen LogP contribution in [0.3, 0.4) is 0 Å². The van der Waals surface area contributed by atoms with Gasteiger partial charge in [0, 0.05) is 6.54 Å². The van der Waals surface area contributed by atoms with Crippen LogP contribution < -0.4 is 0 Å². The second-order valence-corrected chi connectivity index (χ2v) is 5.33. The van der Waals surface area contributed by atoms with Crippen molar-refractivity contribution in [1.29, 1.82) is 0 Å². The van der Waals surface area contributed by atoms with E-state index in [1.165, 1.54) is 64.6 Å². The van der Waals surface area contributed by atoms with E-state index in [1.807, 2.05) is 0 Å². The van der Waals surface area contributed by atoms with E-state index in [9.17, 15) is 0 Å². The maximum Gasteiger partial charge on any atom is 0.000966 e. The lowest BCUT2D eigenvalue weighted by molar-refractivity contribution is 0.171. The van der Waals surface area contributed by atoms with Gasteiger partial charge in [0.15, 0.2) is 0 Å². The van der Waals surface area contributed by atoms with Crippen molar-refractivity contribution in [2.24, 2.45) is 11.8 Å². The van der Waals surface area contributed by atoms with E-state index >= 15 is 0 Å². The molecule has 1 heterocycles. The first kappa shape index (κ1) is 10.5. The number of hydrogen-bond acceptors (Lipinski definition) is 1. The van der Waals surface area contributed by atoms with Crippen molar-refractivity contribution in [3.63, 3.8) is 0 Å². The van der Waals surface area contributed by atoms with E-state index in [0.29, 0.717) is 0 Å². The van der Waals surface area contributed by atoms with E-state index in [2.05, 4.69) is 11.8 Å². The van der Waals surface area contributed by atoms with Crippen molar-refractivity contribution in [1.82, 2.24) is 4.90 Å². The summed E-state index contributed by atoms with van der Waals surface area (Å²) in [5.74, 6) is 2.15. The molecule has 1 saturated heterocycles. The van der Waals surface area contributed by atoms with Crippen molar-refractivity contribution in [2.75, 3.05) is 19.6 Å². The van der Waals surface area contributed by atoms with Crippen LogP contribution in [-0.4, -0.2) is 24.5 Å². The Morgan fingerprint density at radius 1 is 1.00 bits per heavy atom. The minimum atomic E-state index is 1.06. The molecule has 0 aromatic heterocycles. The molecule has 0 N–H and O–H groups in total. The second kappa shape index (κ2) is 5.16. The van der Waals surface area contributed by atoms with Crippen LogP contribution in [0.25, 0.3) is 0 Å². The highest BCUT2D eigenvalue weighted by molar-refractivity contribution is 4.80. The van der Waals surface area contributed by atoms with E-state index in [4.69, 9.17) is 0 Å². The fourth-order valence-electron chi connectivity index (χ4n) is 2.62. The predicted molar refractivity (Wildman–Crippen MR) is 61.4 cm³/mol. The zero-order valence-corrected chi connectivity index (χ0v) is 9.67. The van der Waals surface area contributed by atoms with Gasteiger partial charge in [-0.1, -0.05) is 26.2 Å². The maximum atomic E-state index is 2.71. The summed E-state index contributed by atoms with van der Waals surface area (Å²) in [7, 11) is 0. The summed E-state index contributed by atoms with van der Waals surface area (Å²) in [5.41, 5.74) is 0. The lowest BCUT2D eigenvalue weighted by Gasteiger charge is -2.31. The second-order valence-electron chi connectivity index (χ2n) is 5.33. The smallest absolute Gasteiger partial charge is 0.000966 e. The van der Waals surface area contributed by atoms with Gasteiger partial charge in [0.05, 0.1) is 0 Å². The van der Waals surface area contributed by atoms with Gasteiger partial charge in [0.1, 0.15) is 0 Å². The standard InChI is InChI=1S/C13H25N/c1-2-3-4-12-7-9-14(10-8-12)11-13-5-6-13/h12-13H,2-11H2,1H3. The van der Waals surface area contributed by atoms with Gasteiger partial charge in [-0.15, -0.1) is 0 Å². The Balaban J connectivity index is 1.59. The molecule has 2 fully saturated rings. The third-order valence-corrected chi connectivity index (χ3v) is 3.89. The van der Waals surface area contributed by atoms with Crippen LogP contribution in [0, 0.1) is 11.8 Å². The molecule has 2 rings (SSSR count). The van der Waals surface area contributed by atoms with Crippen molar-refractivity contribution in [3.8, 4) is 0 Å². The molecule has 1 aliphatic heterocycles. The summed E-state index contributed by atoms with van der Waals surface area (Å²) in [4.78, 5) is 2.71. The molecule has 1 nitrogen and oxygen atoms in total. The summed E-state index contributed by atoms with van der Waals surface area (Å²) in [6.07, 6.45) is 10.3. The highest BCUT2D eigenvalue weighted by Crippen LogP contribution is 2.31. The van der Waals surface area contributed by atoms with Gasteiger partial charge in [-0.2, -0.15) is 0 Å². The summed E-state index contributed by atoms with van der Waals surface area (Å²) >= 11 is 0. The van der Waals surface area contributed by atoms with Gasteiger partial charge >= 0.3 is 0 Å². The molecule has 0 atom stereocenters. The molecule has 1 aliphatic carbocycles. The Kier molecular flexibility index (Phi) is 3.86. The van der Waals surface area contributed by atoms with E-state index in [1.54, 1.807) is 0 Å². The van der Waals surface area contributed by atoms with E-state index < -0.39 is 0 Å². The molecular formula is C13H25N. The fraction of sp³-hybridized carbons (Fsp3) is 1.00. The van der Waals surface area contributed by atoms with E-state index in [0.717, 1.165) is 11.8 Å². The lowest BCUT2D eigenvalue weighted by atomic mass is 9.91. The number of likely N-dealkylation sites (tertiary alicyclic amines) is 1. The normalized spacial score (nSPS) is 25.5. The molecule has 2 aliphatic rings. The van der Waals surface area contributed by atoms with Gasteiger partial charge < -0.3 is 4.90 Å². The molecule has 0 radical (unpaired) electrons. The predicted octanol–water partition coefficient (Wildman–Crippen LogP) is 3.30. The average molecular weight is 195 g/mol. The SMILES string of the molecule is CCCCC1CCN(CC2CC2)CC1. The lowest BCUT2D eigenvalue weighted by Crippen LogP contribution is -2.35. The molecule has 0 unspecified atom stereocenters. The van der Waals surface area contributed by atoms with Crippen LogP contribution in [0.5, 0.6) is 0 Å². The first-order valence-electron chi connectivity index (χ1n) is 6.61. The third-order valence-electron chi connectivity index (χ3n) is 3.89. The minimum Gasteiger partial charge on any atom is -0.303 e. The van der Waals surface area contributed by atoms with Crippen LogP contribution in [0.15, 0.2) is 0 Å². The van der Waals surface area contributed by atoms with E-state index in [-0.39, 0.29) is 0 Å². The zero-order valence-electron chi connectivity index (χ0n) is 9.67. The van der Waals surface area contributed by atoms with Crippen molar-refractivity contribution in [2.45, 2.75) is 51.9 Å². The summed E-state index contributed by atoms with van der Waals surface area (Å²) in [5, 5.41) is 0. The van der Waals surface area contributed by atoms with Gasteiger partial charge in [0.2, 0.25) is 0 Å². The first-order chi connectivity index (χ1) is 6.88. The van der Waals surface area contributed by atoms with Crippen molar-refractivity contribution >= 4 is 0 Å². The molecule has 0 aromatic carbocycles. The topological polar surface area (TPSA) is 3.24 Å². The fourth-order valence-corrected chi connectivity index (χ4v) is 2.62. The number of unbranched alkanes of at least 4 members (excludes halogenated alkanes) is 1. The molecule has 82 valence electrons. The number of piperidine rings is 1. The number of rotatable bonds is 5. The van der Waals surface area contributed by atoms with Crippen molar-refractivity contribution < 1.29 is 0 Å². The molecular weight excluding hydrogens is 170 g/mol. The largest absolute Gasteiger partial charge is 0.303 e. The minimum absolute atomic E-state index is 1.06. The summed E-state index contributed by atoms with van der Waals surface area (Å²) in [6.45, 7) is 6.51. The van der Waals surface area contributed by atoms with Gasteiger partial charge in [0.25, 0.3) is 0 Å². The summed E-state index contributed by atoms with van der Waals surface area (Å²) in [6, 6.07) is 0. The molecule has 0 bridgehead atoms. The Morgan fingerprint density at radius 2 is 1.71 bits per heavy atom. The highest BCUT2D eigenvalue weighted by Gasteiger charge is 2.26. The Hall–Kier alpha value is -0.0400. The monoisotopic (exact) mass is 195 g/mol. The average Bonchev–Trinajstić information content (AvgIpc) is 3.01. The molecule has 1 saturated carbocycles. The van der Waals surface area contributed by atoms with Crippen molar-refractivity contribution in [3.05, 3.63) is 0 Å².